The summed E-state index contributed by atoms with van der Waals surface area (Å²) in [5, 5.41) is 0. The van der Waals surface area contributed by atoms with Crippen molar-refractivity contribution in [3.05, 3.63) is 57.6 Å². The Morgan fingerprint density at radius 3 is 0.718 bits per heavy atom. The Labute approximate surface area is 203 Å². The van der Waals surface area contributed by atoms with E-state index < -0.39 is 114 Å². The molecule has 1 radical (unpaired) electrons. The molecule has 0 fully saturated rings. The van der Waals surface area contributed by atoms with Crippen LogP contribution in [-0.4, -0.2) is 7.69 Å². The van der Waals surface area contributed by atoms with Crippen molar-refractivity contribution in [2.24, 2.45) is 0 Å². The van der Waals surface area contributed by atoms with E-state index in [2.05, 4.69) is 9.31 Å². The summed E-state index contributed by atoms with van der Waals surface area (Å²) in [6.07, 6.45) is -35.9. The van der Waals surface area contributed by atoms with E-state index in [1.54, 1.807) is 0 Å². The molecule has 2 aromatic rings. The summed E-state index contributed by atoms with van der Waals surface area (Å²) >= 11 is 0. The Balaban J connectivity index is 2.71. The van der Waals surface area contributed by atoms with Gasteiger partial charge in [0.15, 0.2) is 0 Å². The molecule has 0 aliphatic heterocycles. The van der Waals surface area contributed by atoms with Gasteiger partial charge < -0.3 is 9.31 Å². The second kappa shape index (κ2) is 9.79. The Morgan fingerprint density at radius 1 is 0.359 bits per heavy atom. The first kappa shape index (κ1) is 32.1. The minimum absolute atomic E-state index is 0.904. The summed E-state index contributed by atoms with van der Waals surface area (Å²) in [5.74, 6) is -5.17. The minimum Gasteiger partial charge on any atom is -0.525 e. The lowest BCUT2D eigenvalue weighted by atomic mass is 10.0. The molecule has 0 aliphatic rings. The third-order valence-corrected chi connectivity index (χ3v) is 4.39. The molecule has 21 heteroatoms. The van der Waals surface area contributed by atoms with Crippen LogP contribution in [0.15, 0.2) is 24.3 Å². The van der Waals surface area contributed by atoms with Crippen molar-refractivity contribution in [2.75, 3.05) is 0 Å². The van der Waals surface area contributed by atoms with E-state index in [1.807, 2.05) is 0 Å². The Kier molecular flexibility index (Phi) is 8.05. The zero-order chi connectivity index (χ0) is 30.6. The molecular formula is C18H4BF18O2. The van der Waals surface area contributed by atoms with E-state index in [0.717, 1.165) is 0 Å². The molecule has 0 atom stereocenters. The molecular weight excluding hydrogens is 601 g/mol. The SMILES string of the molecule is FC(F)(F)c1cc(C(F)(F)F)c(O[B]Oc2c(C(F)(F)F)cc(C(F)(F)F)cc2C(F)(F)F)c(C(F)(F)F)c1. The molecule has 0 saturated carbocycles. The van der Waals surface area contributed by atoms with Gasteiger partial charge in [0.1, 0.15) is 11.5 Å². The average molecular weight is 605 g/mol. The van der Waals surface area contributed by atoms with Crippen molar-refractivity contribution in [3.63, 3.8) is 0 Å². The third-order valence-electron chi connectivity index (χ3n) is 4.39. The van der Waals surface area contributed by atoms with Crippen molar-refractivity contribution in [3.8, 4) is 11.5 Å². The maximum absolute atomic E-state index is 13.3. The summed E-state index contributed by atoms with van der Waals surface area (Å²) in [7, 11) is -0.986. The van der Waals surface area contributed by atoms with Crippen LogP contribution in [-0.2, 0) is 37.1 Å². The standard InChI is InChI=1S/C18H4BF18O2/c20-13(21,22)5-1-7(15(26,27)28)11(8(2-5)16(29,30)31)38-19-39-12-9(17(32,33)34)3-6(14(23,24)25)4-10(12)18(35,36)37/h1-4H. The normalized spacial score (nSPS) is 13.9. The zero-order valence-electron chi connectivity index (χ0n) is 17.5. The molecule has 2 nitrogen and oxygen atoms in total. The van der Waals surface area contributed by atoms with E-state index in [-0.39, 0.29) is 0 Å². The predicted molar refractivity (Wildman–Crippen MR) is 89.9 cm³/mol. The third kappa shape index (κ3) is 7.49. The largest absolute Gasteiger partial charge is 0.658 e. The molecule has 0 unspecified atom stereocenters. The monoisotopic (exact) mass is 605 g/mol. The molecule has 0 aliphatic carbocycles. The summed E-state index contributed by atoms with van der Waals surface area (Å²) in [5.41, 5.74) is -16.4. The van der Waals surface area contributed by atoms with Gasteiger partial charge in [0.05, 0.1) is 33.4 Å². The van der Waals surface area contributed by atoms with E-state index in [1.165, 1.54) is 0 Å². The fourth-order valence-electron chi connectivity index (χ4n) is 2.80. The number of hydrogen-bond acceptors (Lipinski definition) is 2. The number of hydrogen-bond donors (Lipinski definition) is 0. The van der Waals surface area contributed by atoms with Gasteiger partial charge in [-0.05, 0) is 24.3 Å². The van der Waals surface area contributed by atoms with Crippen LogP contribution >= 0.6 is 0 Å². The molecule has 2 aromatic carbocycles. The summed E-state index contributed by atoms with van der Waals surface area (Å²) in [4.78, 5) is 0. The summed E-state index contributed by atoms with van der Waals surface area (Å²) < 4.78 is 244. The highest BCUT2D eigenvalue weighted by atomic mass is 19.4. The van der Waals surface area contributed by atoms with Crippen LogP contribution in [0.25, 0.3) is 0 Å². The Morgan fingerprint density at radius 2 is 0.564 bits per heavy atom. The van der Waals surface area contributed by atoms with E-state index in [0.29, 0.717) is 0 Å². The van der Waals surface area contributed by atoms with Gasteiger partial charge in [-0.1, -0.05) is 0 Å². The zero-order valence-corrected chi connectivity index (χ0v) is 17.5. The number of halogens is 18. The van der Waals surface area contributed by atoms with Gasteiger partial charge in [0.25, 0.3) is 0 Å². The maximum Gasteiger partial charge on any atom is 0.658 e. The van der Waals surface area contributed by atoms with Crippen molar-refractivity contribution in [1.29, 1.82) is 0 Å². The van der Waals surface area contributed by atoms with Gasteiger partial charge in [-0.15, -0.1) is 0 Å². The van der Waals surface area contributed by atoms with E-state index in [4.69, 9.17) is 0 Å². The predicted octanol–water partition coefficient (Wildman–Crippen LogP) is 8.79. The van der Waals surface area contributed by atoms with E-state index in [9.17, 15) is 79.0 Å². The van der Waals surface area contributed by atoms with Crippen LogP contribution in [0.3, 0.4) is 0 Å². The van der Waals surface area contributed by atoms with Crippen molar-refractivity contribution < 1.29 is 88.3 Å². The van der Waals surface area contributed by atoms with Crippen molar-refractivity contribution in [2.45, 2.75) is 37.1 Å². The number of benzene rings is 2. The van der Waals surface area contributed by atoms with Crippen LogP contribution in [0, 0.1) is 0 Å². The fourth-order valence-corrected chi connectivity index (χ4v) is 2.80. The molecule has 0 heterocycles. The van der Waals surface area contributed by atoms with Gasteiger partial charge >= 0.3 is 44.7 Å². The number of rotatable bonds is 4. The first-order valence-electron chi connectivity index (χ1n) is 9.09. The Bertz CT molecular complexity index is 1030. The van der Waals surface area contributed by atoms with Gasteiger partial charge in [-0.25, -0.2) is 0 Å². The van der Waals surface area contributed by atoms with E-state index >= 15 is 0 Å². The lowest BCUT2D eigenvalue weighted by Crippen LogP contribution is -2.24. The first-order valence-corrected chi connectivity index (χ1v) is 9.09. The smallest absolute Gasteiger partial charge is 0.525 e. The van der Waals surface area contributed by atoms with Crippen LogP contribution in [0.4, 0.5) is 79.0 Å². The van der Waals surface area contributed by atoms with Crippen molar-refractivity contribution in [1.82, 2.24) is 0 Å². The lowest BCUT2D eigenvalue weighted by molar-refractivity contribution is -0.151. The second-order valence-electron chi connectivity index (χ2n) is 7.12. The van der Waals surface area contributed by atoms with Crippen LogP contribution in [0.5, 0.6) is 11.5 Å². The molecule has 39 heavy (non-hydrogen) atoms. The van der Waals surface area contributed by atoms with Gasteiger partial charge in [-0.2, -0.15) is 79.0 Å². The highest BCUT2D eigenvalue weighted by Gasteiger charge is 2.48. The molecule has 0 bridgehead atoms. The van der Waals surface area contributed by atoms with Gasteiger partial charge in [-0.3, -0.25) is 0 Å². The molecule has 2 rings (SSSR count). The molecule has 0 saturated heterocycles. The highest BCUT2D eigenvalue weighted by Crippen LogP contribution is 2.49. The topological polar surface area (TPSA) is 18.5 Å². The van der Waals surface area contributed by atoms with Gasteiger partial charge in [0, 0.05) is 0 Å². The van der Waals surface area contributed by atoms with Crippen molar-refractivity contribution >= 4 is 7.69 Å². The minimum atomic E-state index is -6.08. The lowest BCUT2D eigenvalue weighted by Gasteiger charge is -2.23. The van der Waals surface area contributed by atoms with Crippen LogP contribution in [0.1, 0.15) is 33.4 Å². The van der Waals surface area contributed by atoms with Crippen LogP contribution in [0.2, 0.25) is 0 Å². The maximum atomic E-state index is 13.3. The molecule has 217 valence electrons. The second-order valence-corrected chi connectivity index (χ2v) is 7.12. The first-order chi connectivity index (χ1) is 17.1. The Hall–Kier alpha value is -3.16. The number of alkyl halides is 18. The summed E-state index contributed by atoms with van der Waals surface area (Å²) in [6.45, 7) is 0. The van der Waals surface area contributed by atoms with Gasteiger partial charge in [0.2, 0.25) is 0 Å². The molecule has 0 spiro atoms. The molecule has 0 amide bonds. The van der Waals surface area contributed by atoms with Crippen LogP contribution < -0.4 is 9.31 Å². The summed E-state index contributed by atoms with van der Waals surface area (Å²) in [6, 6.07) is -3.62. The molecule has 0 N–H and O–H groups in total. The fraction of sp³-hybridized carbons (Fsp3) is 0.333. The quantitative estimate of drug-likeness (QED) is 0.257. The average Bonchev–Trinajstić information content (AvgIpc) is 2.68. The highest BCUT2D eigenvalue weighted by molar-refractivity contribution is 6.21. The molecule has 0 aromatic heterocycles.